The molecule has 4 heteroatoms. The summed E-state index contributed by atoms with van der Waals surface area (Å²) < 4.78 is 13.6. The maximum Gasteiger partial charge on any atom is 0.146 e. The SMILES string of the molecule is Cc1ccc(C(N)=S)c(Nc2ccccc2F)c1. The van der Waals surface area contributed by atoms with Crippen LogP contribution in [0.3, 0.4) is 0 Å². The summed E-state index contributed by atoms with van der Waals surface area (Å²) in [5.74, 6) is -0.312. The van der Waals surface area contributed by atoms with Gasteiger partial charge in [-0.1, -0.05) is 30.4 Å². The lowest BCUT2D eigenvalue weighted by Gasteiger charge is -2.12. The number of benzene rings is 2. The van der Waals surface area contributed by atoms with E-state index in [4.69, 9.17) is 18.0 Å². The summed E-state index contributed by atoms with van der Waals surface area (Å²) >= 11 is 4.99. The molecule has 0 heterocycles. The molecular formula is C14H13FN2S. The summed E-state index contributed by atoms with van der Waals surface area (Å²) in [6, 6.07) is 12.1. The van der Waals surface area contributed by atoms with Crippen molar-refractivity contribution in [2.45, 2.75) is 6.92 Å². The molecule has 2 aromatic rings. The van der Waals surface area contributed by atoms with Crippen molar-refractivity contribution in [3.63, 3.8) is 0 Å². The van der Waals surface area contributed by atoms with Crippen molar-refractivity contribution in [1.82, 2.24) is 0 Å². The van der Waals surface area contributed by atoms with Gasteiger partial charge in [0.15, 0.2) is 0 Å². The van der Waals surface area contributed by atoms with Crippen molar-refractivity contribution in [1.29, 1.82) is 0 Å². The number of para-hydroxylation sites is 1. The molecule has 18 heavy (non-hydrogen) atoms. The van der Waals surface area contributed by atoms with E-state index in [1.165, 1.54) is 6.07 Å². The first-order valence-electron chi connectivity index (χ1n) is 5.50. The van der Waals surface area contributed by atoms with Crippen molar-refractivity contribution in [2.24, 2.45) is 5.73 Å². The Morgan fingerprint density at radius 2 is 1.89 bits per heavy atom. The van der Waals surface area contributed by atoms with Crippen LogP contribution in [0.1, 0.15) is 11.1 Å². The first-order valence-corrected chi connectivity index (χ1v) is 5.91. The Labute approximate surface area is 111 Å². The minimum absolute atomic E-state index is 0.286. The second kappa shape index (κ2) is 5.14. The largest absolute Gasteiger partial charge is 0.389 e. The number of thiocarbonyl (C=S) groups is 1. The fraction of sp³-hybridized carbons (Fsp3) is 0.0714. The summed E-state index contributed by atoms with van der Waals surface area (Å²) in [6.07, 6.45) is 0. The van der Waals surface area contributed by atoms with Crippen LogP contribution in [0.15, 0.2) is 42.5 Å². The summed E-state index contributed by atoms with van der Waals surface area (Å²) in [4.78, 5) is 0.286. The van der Waals surface area contributed by atoms with Gasteiger partial charge in [-0.25, -0.2) is 4.39 Å². The van der Waals surface area contributed by atoms with E-state index < -0.39 is 0 Å². The molecule has 0 unspecified atom stereocenters. The van der Waals surface area contributed by atoms with Gasteiger partial charge in [0.05, 0.1) is 5.69 Å². The predicted octanol–water partition coefficient (Wildman–Crippen LogP) is 3.51. The van der Waals surface area contributed by atoms with Crippen LogP contribution in [0.4, 0.5) is 15.8 Å². The van der Waals surface area contributed by atoms with Crippen molar-refractivity contribution in [3.8, 4) is 0 Å². The third-order valence-corrected chi connectivity index (χ3v) is 2.80. The van der Waals surface area contributed by atoms with Gasteiger partial charge in [0, 0.05) is 11.3 Å². The fourth-order valence-electron chi connectivity index (χ4n) is 1.68. The van der Waals surface area contributed by atoms with E-state index >= 15 is 0 Å². The molecule has 0 fully saturated rings. The van der Waals surface area contributed by atoms with Crippen LogP contribution in [-0.2, 0) is 0 Å². The molecule has 0 aliphatic carbocycles. The van der Waals surface area contributed by atoms with Gasteiger partial charge in [-0.3, -0.25) is 0 Å². The first kappa shape index (κ1) is 12.5. The maximum absolute atomic E-state index is 13.6. The molecule has 0 aliphatic rings. The van der Waals surface area contributed by atoms with Gasteiger partial charge in [0.1, 0.15) is 10.8 Å². The number of aryl methyl sites for hydroxylation is 1. The van der Waals surface area contributed by atoms with Gasteiger partial charge >= 0.3 is 0 Å². The molecule has 0 radical (unpaired) electrons. The van der Waals surface area contributed by atoms with E-state index in [0.717, 1.165) is 5.56 Å². The number of nitrogens with two attached hydrogens (primary N) is 1. The summed E-state index contributed by atoms with van der Waals surface area (Å²) in [7, 11) is 0. The third kappa shape index (κ3) is 2.65. The summed E-state index contributed by atoms with van der Waals surface area (Å²) in [5, 5.41) is 3.02. The molecule has 0 saturated heterocycles. The lowest BCUT2D eigenvalue weighted by Crippen LogP contribution is -2.12. The Kier molecular flexibility index (Phi) is 3.58. The molecule has 0 saturated carbocycles. The van der Waals surface area contributed by atoms with E-state index in [2.05, 4.69) is 5.32 Å². The number of halogens is 1. The van der Waals surface area contributed by atoms with E-state index in [1.807, 2.05) is 25.1 Å². The molecule has 0 spiro atoms. The van der Waals surface area contributed by atoms with Gasteiger partial charge in [-0.05, 0) is 36.8 Å². The highest BCUT2D eigenvalue weighted by atomic mass is 32.1. The second-order valence-corrected chi connectivity index (χ2v) is 4.46. The van der Waals surface area contributed by atoms with Crippen LogP contribution >= 0.6 is 12.2 Å². The molecule has 0 amide bonds. The Morgan fingerprint density at radius 1 is 1.17 bits per heavy atom. The maximum atomic E-state index is 13.6. The number of hydrogen-bond donors (Lipinski definition) is 2. The first-order chi connectivity index (χ1) is 8.58. The average Bonchev–Trinajstić information content (AvgIpc) is 2.32. The smallest absolute Gasteiger partial charge is 0.146 e. The molecule has 2 nitrogen and oxygen atoms in total. The average molecular weight is 260 g/mol. The number of nitrogens with one attached hydrogen (secondary N) is 1. The van der Waals surface area contributed by atoms with Crippen molar-refractivity contribution < 1.29 is 4.39 Å². The minimum Gasteiger partial charge on any atom is -0.389 e. The fourth-order valence-corrected chi connectivity index (χ4v) is 1.86. The van der Waals surface area contributed by atoms with E-state index in [-0.39, 0.29) is 10.8 Å². The third-order valence-electron chi connectivity index (χ3n) is 2.58. The number of hydrogen-bond acceptors (Lipinski definition) is 2. The summed E-state index contributed by atoms with van der Waals surface area (Å²) in [5.41, 5.74) is 8.53. The van der Waals surface area contributed by atoms with Gasteiger partial charge < -0.3 is 11.1 Å². The van der Waals surface area contributed by atoms with E-state index in [9.17, 15) is 4.39 Å². The standard InChI is InChI=1S/C14H13FN2S/c1-9-6-7-10(14(16)18)13(8-9)17-12-5-3-2-4-11(12)15/h2-8,17H,1H3,(H2,16,18). The Morgan fingerprint density at radius 3 is 2.56 bits per heavy atom. The van der Waals surface area contributed by atoms with Crippen LogP contribution in [-0.4, -0.2) is 4.99 Å². The van der Waals surface area contributed by atoms with Gasteiger partial charge in [-0.2, -0.15) is 0 Å². The van der Waals surface area contributed by atoms with Crippen LogP contribution in [0.5, 0.6) is 0 Å². The minimum atomic E-state index is -0.312. The normalized spacial score (nSPS) is 10.1. The monoisotopic (exact) mass is 260 g/mol. The molecule has 0 aromatic heterocycles. The molecule has 3 N–H and O–H groups in total. The van der Waals surface area contributed by atoms with Crippen LogP contribution < -0.4 is 11.1 Å². The topological polar surface area (TPSA) is 38.0 Å². The lowest BCUT2D eigenvalue weighted by molar-refractivity contribution is 0.632. The second-order valence-electron chi connectivity index (χ2n) is 4.02. The van der Waals surface area contributed by atoms with Gasteiger partial charge in [0.25, 0.3) is 0 Å². The molecule has 2 aromatic carbocycles. The van der Waals surface area contributed by atoms with Gasteiger partial charge in [-0.15, -0.1) is 0 Å². The van der Waals surface area contributed by atoms with E-state index in [1.54, 1.807) is 18.2 Å². The Hall–Kier alpha value is -1.94. The molecule has 0 bridgehead atoms. The Balaban J connectivity index is 2.42. The zero-order valence-electron chi connectivity index (χ0n) is 9.91. The molecule has 0 atom stereocenters. The molecule has 0 aliphatic heterocycles. The quantitative estimate of drug-likeness (QED) is 0.829. The molecule has 92 valence electrons. The highest BCUT2D eigenvalue weighted by molar-refractivity contribution is 7.80. The molecular weight excluding hydrogens is 247 g/mol. The Bertz CT molecular complexity index is 596. The lowest BCUT2D eigenvalue weighted by atomic mass is 10.1. The van der Waals surface area contributed by atoms with Crippen LogP contribution in [0, 0.1) is 12.7 Å². The zero-order valence-corrected chi connectivity index (χ0v) is 10.7. The highest BCUT2D eigenvalue weighted by Crippen LogP contribution is 2.24. The van der Waals surface area contributed by atoms with Gasteiger partial charge in [0.2, 0.25) is 0 Å². The van der Waals surface area contributed by atoms with Crippen LogP contribution in [0.25, 0.3) is 0 Å². The summed E-state index contributed by atoms with van der Waals surface area (Å²) in [6.45, 7) is 1.95. The number of rotatable bonds is 3. The van der Waals surface area contributed by atoms with Crippen molar-refractivity contribution in [2.75, 3.05) is 5.32 Å². The number of anilines is 2. The molecule has 2 rings (SSSR count). The van der Waals surface area contributed by atoms with Crippen molar-refractivity contribution >= 4 is 28.6 Å². The van der Waals surface area contributed by atoms with Crippen molar-refractivity contribution in [3.05, 3.63) is 59.4 Å². The van der Waals surface area contributed by atoms with Crippen LogP contribution in [0.2, 0.25) is 0 Å². The zero-order chi connectivity index (χ0) is 13.1. The predicted molar refractivity (Wildman–Crippen MR) is 76.7 cm³/mol. The van der Waals surface area contributed by atoms with E-state index in [0.29, 0.717) is 16.9 Å². The highest BCUT2D eigenvalue weighted by Gasteiger charge is 2.07.